The van der Waals surface area contributed by atoms with Crippen molar-refractivity contribution in [3.8, 4) is 11.1 Å². The number of ether oxygens (including phenoxy) is 1. The highest BCUT2D eigenvalue weighted by atomic mass is 35.5. The van der Waals surface area contributed by atoms with Crippen molar-refractivity contribution in [2.45, 2.75) is 66.3 Å². The van der Waals surface area contributed by atoms with E-state index in [1.165, 1.54) is 12.1 Å². The molecule has 7 heteroatoms. The second-order valence-electron chi connectivity index (χ2n) is 10.6. The van der Waals surface area contributed by atoms with Crippen molar-refractivity contribution in [2.24, 2.45) is 0 Å². The van der Waals surface area contributed by atoms with Gasteiger partial charge in [0.25, 0.3) is 5.91 Å². The summed E-state index contributed by atoms with van der Waals surface area (Å²) in [6, 6.07) is 11.7. The van der Waals surface area contributed by atoms with Crippen LogP contribution in [0.2, 0.25) is 5.02 Å². The number of rotatable bonds is 5. The van der Waals surface area contributed by atoms with Crippen molar-refractivity contribution in [3.63, 3.8) is 0 Å². The number of hydrogen-bond acceptors (Lipinski definition) is 3. The summed E-state index contributed by atoms with van der Waals surface area (Å²) in [7, 11) is 0. The summed E-state index contributed by atoms with van der Waals surface area (Å²) in [5.41, 5.74) is 6.37. The van der Waals surface area contributed by atoms with Gasteiger partial charge in [-0.05, 0) is 93.1 Å². The molecule has 4 rings (SSSR count). The fraction of sp³-hybridized carbons (Fsp3) is 0.333. The first-order chi connectivity index (χ1) is 17.3. The Morgan fingerprint density at radius 3 is 2.14 bits per heavy atom. The largest absolute Gasteiger partial charge is 0.479 e. The van der Waals surface area contributed by atoms with Crippen LogP contribution in [0.5, 0.6) is 0 Å². The molecule has 1 N–H and O–H groups in total. The third kappa shape index (κ3) is 5.41. The molecule has 0 unspecified atom stereocenters. The van der Waals surface area contributed by atoms with Crippen LogP contribution < -0.4 is 0 Å². The molecule has 1 aliphatic heterocycles. The van der Waals surface area contributed by atoms with Crippen LogP contribution in [0.3, 0.4) is 0 Å². The van der Waals surface area contributed by atoms with Gasteiger partial charge in [-0.1, -0.05) is 41.4 Å². The number of carbonyl (C=O) groups excluding carboxylic acids is 1. The molecule has 3 aromatic carbocycles. The molecule has 194 valence electrons. The Kier molecular flexibility index (Phi) is 7.19. The Hall–Kier alpha value is -3.22. The van der Waals surface area contributed by atoms with Crippen molar-refractivity contribution < 1.29 is 23.8 Å². The highest BCUT2D eigenvalue weighted by Crippen LogP contribution is 2.44. The minimum Gasteiger partial charge on any atom is -0.479 e. The number of halogens is 2. The first-order valence-corrected chi connectivity index (χ1v) is 12.5. The SMILES string of the molecule is Cc1ccc(-c2c(C)c3c(c(C)c2[C@H](OC(C)(C)C)C(=O)O)CN(C(=O)c2cc(F)cc(Cl)c2)C3)cc1. The van der Waals surface area contributed by atoms with Crippen molar-refractivity contribution in [1.82, 2.24) is 4.90 Å². The summed E-state index contributed by atoms with van der Waals surface area (Å²) in [4.78, 5) is 27.5. The highest BCUT2D eigenvalue weighted by molar-refractivity contribution is 6.31. The number of aryl methyl sites for hydroxylation is 1. The molecule has 0 saturated heterocycles. The van der Waals surface area contributed by atoms with Crippen molar-refractivity contribution in [3.05, 3.63) is 92.2 Å². The first kappa shape index (κ1) is 26.8. The van der Waals surface area contributed by atoms with Crippen LogP contribution >= 0.6 is 11.6 Å². The number of carbonyl (C=O) groups is 2. The zero-order chi connectivity index (χ0) is 27.2. The minimum absolute atomic E-state index is 0.153. The van der Waals surface area contributed by atoms with Crippen LogP contribution in [-0.4, -0.2) is 27.5 Å². The zero-order valence-electron chi connectivity index (χ0n) is 21.9. The van der Waals surface area contributed by atoms with Gasteiger partial charge in [0.2, 0.25) is 0 Å². The topological polar surface area (TPSA) is 66.8 Å². The van der Waals surface area contributed by atoms with Gasteiger partial charge in [0, 0.05) is 29.2 Å². The lowest BCUT2D eigenvalue weighted by Crippen LogP contribution is -2.28. The van der Waals surface area contributed by atoms with E-state index in [4.69, 9.17) is 16.3 Å². The lowest BCUT2D eigenvalue weighted by atomic mass is 9.83. The number of fused-ring (bicyclic) bond motifs is 1. The highest BCUT2D eigenvalue weighted by Gasteiger charge is 2.36. The second kappa shape index (κ2) is 9.92. The summed E-state index contributed by atoms with van der Waals surface area (Å²) in [6.07, 6.45) is -1.20. The quantitative estimate of drug-likeness (QED) is 0.385. The predicted molar refractivity (Wildman–Crippen MR) is 142 cm³/mol. The summed E-state index contributed by atoms with van der Waals surface area (Å²) in [5, 5.41) is 10.4. The third-order valence-corrected chi connectivity index (χ3v) is 6.93. The average Bonchev–Trinajstić information content (AvgIpc) is 3.25. The van der Waals surface area contributed by atoms with Crippen LogP contribution in [0.1, 0.15) is 70.6 Å². The van der Waals surface area contributed by atoms with Crippen molar-refractivity contribution in [1.29, 1.82) is 0 Å². The molecule has 37 heavy (non-hydrogen) atoms. The normalized spacial score (nSPS) is 14.0. The molecule has 5 nitrogen and oxygen atoms in total. The Labute approximate surface area is 221 Å². The Bertz CT molecular complexity index is 1370. The molecule has 0 aliphatic carbocycles. The predicted octanol–water partition coefficient (Wildman–Crippen LogP) is 7.17. The number of benzene rings is 3. The molecule has 0 bridgehead atoms. The van der Waals surface area contributed by atoms with Crippen LogP contribution in [-0.2, 0) is 22.6 Å². The van der Waals surface area contributed by atoms with Crippen LogP contribution in [0.25, 0.3) is 11.1 Å². The molecule has 1 heterocycles. The molecule has 3 aromatic rings. The first-order valence-electron chi connectivity index (χ1n) is 12.1. The number of carboxylic acid groups (broad SMARTS) is 1. The van der Waals surface area contributed by atoms with E-state index in [1.54, 1.807) is 4.90 Å². The van der Waals surface area contributed by atoms with E-state index in [0.29, 0.717) is 12.1 Å². The monoisotopic (exact) mass is 523 g/mol. The maximum atomic E-state index is 14.0. The minimum atomic E-state index is -1.20. The zero-order valence-corrected chi connectivity index (χ0v) is 22.7. The summed E-state index contributed by atoms with van der Waals surface area (Å²) in [5.74, 6) is -1.99. The van der Waals surface area contributed by atoms with Gasteiger partial charge >= 0.3 is 5.97 Å². The molecular formula is C30H31ClFNO4. The van der Waals surface area contributed by atoms with Crippen molar-refractivity contribution >= 4 is 23.5 Å². The van der Waals surface area contributed by atoms with Gasteiger partial charge in [0.1, 0.15) is 5.82 Å². The van der Waals surface area contributed by atoms with Gasteiger partial charge in [-0.2, -0.15) is 0 Å². The Morgan fingerprint density at radius 1 is 1.00 bits per heavy atom. The van der Waals surface area contributed by atoms with E-state index < -0.39 is 23.5 Å². The van der Waals surface area contributed by atoms with Gasteiger partial charge in [-0.15, -0.1) is 0 Å². The molecule has 1 amide bonds. The summed E-state index contributed by atoms with van der Waals surface area (Å²) < 4.78 is 20.1. The maximum Gasteiger partial charge on any atom is 0.337 e. The second-order valence-corrected chi connectivity index (χ2v) is 11.1. The molecule has 0 aromatic heterocycles. The molecule has 1 atom stereocenters. The number of amides is 1. The molecule has 0 spiro atoms. The number of hydrogen-bond donors (Lipinski definition) is 1. The molecular weight excluding hydrogens is 493 g/mol. The van der Waals surface area contributed by atoms with Gasteiger partial charge in [-0.3, -0.25) is 4.79 Å². The van der Waals surface area contributed by atoms with Gasteiger partial charge in [0.15, 0.2) is 6.10 Å². The lowest BCUT2D eigenvalue weighted by Gasteiger charge is -2.29. The number of carboxylic acids is 1. The third-order valence-electron chi connectivity index (χ3n) is 6.71. The van der Waals surface area contributed by atoms with Crippen LogP contribution in [0.15, 0.2) is 42.5 Å². The van der Waals surface area contributed by atoms with Crippen LogP contribution in [0, 0.1) is 26.6 Å². The Morgan fingerprint density at radius 2 is 1.59 bits per heavy atom. The number of nitrogens with zero attached hydrogens (tertiary/aromatic N) is 1. The fourth-order valence-corrected chi connectivity index (χ4v) is 5.25. The van der Waals surface area contributed by atoms with Gasteiger partial charge in [-0.25, -0.2) is 9.18 Å². The van der Waals surface area contributed by atoms with E-state index in [1.807, 2.05) is 65.8 Å². The number of aliphatic carboxylic acids is 1. The van der Waals surface area contributed by atoms with E-state index in [-0.39, 0.29) is 23.0 Å². The molecule has 0 saturated carbocycles. The molecule has 1 aliphatic rings. The Balaban J connectivity index is 1.89. The van der Waals surface area contributed by atoms with Gasteiger partial charge in [0.05, 0.1) is 5.60 Å². The smallest absolute Gasteiger partial charge is 0.337 e. The standard InChI is InChI=1S/C30H31ClFNO4/c1-16-7-9-19(10-8-16)25-17(2)23-14-33(28(34)20-11-21(31)13-22(32)12-20)15-24(23)18(3)26(25)27(29(35)36)37-30(4,5)6/h7-13,27H,14-15H2,1-6H3,(H,35,36)/t27-/m0/s1. The van der Waals surface area contributed by atoms with Crippen molar-refractivity contribution in [2.75, 3.05) is 0 Å². The summed E-state index contributed by atoms with van der Waals surface area (Å²) >= 11 is 6.00. The lowest BCUT2D eigenvalue weighted by molar-refractivity contribution is -0.160. The van der Waals surface area contributed by atoms with E-state index in [9.17, 15) is 19.1 Å². The molecule has 0 fully saturated rings. The fourth-order valence-electron chi connectivity index (χ4n) is 5.03. The van der Waals surface area contributed by atoms with Crippen LogP contribution in [0.4, 0.5) is 4.39 Å². The van der Waals surface area contributed by atoms with E-state index in [0.717, 1.165) is 45.0 Å². The molecule has 0 radical (unpaired) electrons. The summed E-state index contributed by atoms with van der Waals surface area (Å²) in [6.45, 7) is 11.9. The van der Waals surface area contributed by atoms with Gasteiger partial charge < -0.3 is 14.7 Å². The van der Waals surface area contributed by atoms with E-state index >= 15 is 0 Å². The van der Waals surface area contributed by atoms with E-state index in [2.05, 4.69) is 0 Å². The maximum absolute atomic E-state index is 14.0. The average molecular weight is 524 g/mol.